The van der Waals surface area contributed by atoms with Gasteiger partial charge in [-0.15, -0.1) is 0 Å². The first-order valence-corrected chi connectivity index (χ1v) is 9.47. The zero-order chi connectivity index (χ0) is 19.8. The number of aromatic amines is 1. The lowest BCUT2D eigenvalue weighted by Crippen LogP contribution is -1.94. The largest absolute Gasteiger partial charge is 0.497 e. The van der Waals surface area contributed by atoms with Gasteiger partial charge >= 0.3 is 0 Å². The molecule has 3 aromatic carbocycles. The highest BCUT2D eigenvalue weighted by Crippen LogP contribution is 2.32. The number of ether oxygens (including phenoxy) is 1. The second-order valence-electron chi connectivity index (χ2n) is 7.01. The van der Waals surface area contributed by atoms with E-state index in [-0.39, 0.29) is 0 Å². The average molecular weight is 380 g/mol. The molecule has 0 atom stereocenters. The molecular formula is C24H20N4O. The Morgan fingerprint density at radius 3 is 2.48 bits per heavy atom. The summed E-state index contributed by atoms with van der Waals surface area (Å²) in [5.41, 5.74) is 6.99. The lowest BCUT2D eigenvalue weighted by atomic mass is 10.1. The number of aryl methyl sites for hydroxylation is 1. The summed E-state index contributed by atoms with van der Waals surface area (Å²) in [5, 5.41) is 4.89. The number of H-pyrrole nitrogens is 1. The molecule has 2 aromatic heterocycles. The maximum Gasteiger partial charge on any atom is 0.142 e. The predicted molar refractivity (Wildman–Crippen MR) is 115 cm³/mol. The first-order valence-electron chi connectivity index (χ1n) is 9.47. The summed E-state index contributed by atoms with van der Waals surface area (Å²) in [6.45, 7) is 2.08. The molecule has 0 amide bonds. The predicted octanol–water partition coefficient (Wildman–Crippen LogP) is 5.40. The Morgan fingerprint density at radius 1 is 0.931 bits per heavy atom. The summed E-state index contributed by atoms with van der Waals surface area (Å²) in [6.07, 6.45) is 2.03. The van der Waals surface area contributed by atoms with E-state index >= 15 is 0 Å². The number of hydrogen-bond acceptors (Lipinski definition) is 3. The van der Waals surface area contributed by atoms with Gasteiger partial charge in [-0.25, -0.2) is 9.67 Å². The summed E-state index contributed by atoms with van der Waals surface area (Å²) in [5.74, 6) is 1.62. The van der Waals surface area contributed by atoms with Crippen LogP contribution in [0, 0.1) is 6.92 Å². The van der Waals surface area contributed by atoms with Crippen molar-refractivity contribution in [2.45, 2.75) is 6.92 Å². The molecule has 5 aromatic rings. The van der Waals surface area contributed by atoms with Crippen LogP contribution in [0.4, 0.5) is 0 Å². The number of rotatable bonds is 4. The van der Waals surface area contributed by atoms with E-state index in [9.17, 15) is 0 Å². The molecule has 0 saturated carbocycles. The highest BCUT2D eigenvalue weighted by molar-refractivity contribution is 5.84. The number of benzene rings is 3. The van der Waals surface area contributed by atoms with Crippen LogP contribution in [0.5, 0.6) is 5.75 Å². The highest BCUT2D eigenvalue weighted by atomic mass is 16.5. The molecule has 0 radical (unpaired) electrons. The number of nitrogens with one attached hydrogen (secondary N) is 1. The van der Waals surface area contributed by atoms with Gasteiger partial charge in [0, 0.05) is 11.8 Å². The van der Waals surface area contributed by atoms with Crippen LogP contribution in [0.3, 0.4) is 0 Å². The number of imidazole rings is 1. The zero-order valence-electron chi connectivity index (χ0n) is 16.3. The second kappa shape index (κ2) is 6.95. The van der Waals surface area contributed by atoms with Crippen molar-refractivity contribution in [3.63, 3.8) is 0 Å². The number of para-hydroxylation sites is 1. The summed E-state index contributed by atoms with van der Waals surface area (Å²) < 4.78 is 7.20. The van der Waals surface area contributed by atoms with Crippen LogP contribution >= 0.6 is 0 Å². The van der Waals surface area contributed by atoms with Gasteiger partial charge in [0.15, 0.2) is 0 Å². The lowest BCUT2D eigenvalue weighted by molar-refractivity contribution is 0.415. The van der Waals surface area contributed by atoms with Gasteiger partial charge in [0.25, 0.3) is 0 Å². The van der Waals surface area contributed by atoms with E-state index in [1.807, 2.05) is 71.5 Å². The Balaban J connectivity index is 1.70. The van der Waals surface area contributed by atoms with Gasteiger partial charge in [0.1, 0.15) is 17.3 Å². The molecule has 0 aliphatic carbocycles. The molecule has 0 aliphatic heterocycles. The summed E-state index contributed by atoms with van der Waals surface area (Å²) in [4.78, 5) is 8.28. The normalized spacial score (nSPS) is 11.1. The molecule has 5 rings (SSSR count). The van der Waals surface area contributed by atoms with Gasteiger partial charge in [0.05, 0.1) is 29.4 Å². The van der Waals surface area contributed by atoms with Crippen LogP contribution in [-0.4, -0.2) is 26.9 Å². The molecule has 0 aliphatic rings. The van der Waals surface area contributed by atoms with Crippen LogP contribution in [-0.2, 0) is 0 Å². The quantitative estimate of drug-likeness (QED) is 0.454. The van der Waals surface area contributed by atoms with Crippen molar-refractivity contribution in [3.8, 4) is 34.1 Å². The molecule has 0 fully saturated rings. The Kier molecular flexibility index (Phi) is 4.13. The number of methoxy groups -OCH3 is 1. The number of nitrogens with zero attached hydrogens (tertiary/aromatic N) is 3. The molecule has 29 heavy (non-hydrogen) atoms. The Hall–Kier alpha value is -3.86. The SMILES string of the molecule is COc1ccc(-c2nn(-c3ccccc3)cc2-c2nc3ccc(C)cc3[nH]2)cc1. The second-order valence-corrected chi connectivity index (χ2v) is 7.01. The number of fused-ring (bicyclic) bond motifs is 1. The smallest absolute Gasteiger partial charge is 0.142 e. The fourth-order valence-corrected chi connectivity index (χ4v) is 3.47. The molecule has 0 bridgehead atoms. The van der Waals surface area contributed by atoms with Crippen LogP contribution in [0.1, 0.15) is 5.56 Å². The molecule has 0 saturated heterocycles. The molecular weight excluding hydrogens is 360 g/mol. The van der Waals surface area contributed by atoms with E-state index in [4.69, 9.17) is 14.8 Å². The van der Waals surface area contributed by atoms with Crippen molar-refractivity contribution in [2.24, 2.45) is 0 Å². The van der Waals surface area contributed by atoms with Gasteiger partial charge in [-0.05, 0) is 61.0 Å². The van der Waals surface area contributed by atoms with Gasteiger partial charge in [0.2, 0.25) is 0 Å². The van der Waals surface area contributed by atoms with Crippen molar-refractivity contribution in [1.82, 2.24) is 19.7 Å². The summed E-state index contributed by atoms with van der Waals surface area (Å²) >= 11 is 0. The van der Waals surface area contributed by atoms with Crippen molar-refractivity contribution in [3.05, 3.63) is 84.6 Å². The van der Waals surface area contributed by atoms with Crippen molar-refractivity contribution < 1.29 is 4.74 Å². The molecule has 2 heterocycles. The minimum atomic E-state index is 0.804. The molecule has 5 nitrogen and oxygen atoms in total. The Morgan fingerprint density at radius 2 is 1.72 bits per heavy atom. The monoisotopic (exact) mass is 380 g/mol. The summed E-state index contributed by atoms with van der Waals surface area (Å²) in [7, 11) is 1.67. The van der Waals surface area contributed by atoms with Gasteiger partial charge < -0.3 is 9.72 Å². The van der Waals surface area contributed by atoms with Crippen molar-refractivity contribution in [2.75, 3.05) is 7.11 Å². The fourth-order valence-electron chi connectivity index (χ4n) is 3.47. The molecule has 5 heteroatoms. The minimum Gasteiger partial charge on any atom is -0.497 e. The molecule has 142 valence electrons. The number of aromatic nitrogens is 4. The maximum atomic E-state index is 5.30. The number of hydrogen-bond donors (Lipinski definition) is 1. The van der Waals surface area contributed by atoms with E-state index in [0.717, 1.165) is 45.1 Å². The van der Waals surface area contributed by atoms with Crippen LogP contribution in [0.2, 0.25) is 0 Å². The first-order chi connectivity index (χ1) is 14.2. The third-order valence-electron chi connectivity index (χ3n) is 4.99. The first kappa shape index (κ1) is 17.3. The third-order valence-corrected chi connectivity index (χ3v) is 4.99. The van der Waals surface area contributed by atoms with E-state index in [2.05, 4.69) is 24.0 Å². The van der Waals surface area contributed by atoms with Crippen LogP contribution in [0.25, 0.3) is 39.4 Å². The third kappa shape index (κ3) is 3.17. The maximum absolute atomic E-state index is 5.30. The zero-order valence-corrected chi connectivity index (χ0v) is 16.3. The van der Waals surface area contributed by atoms with Crippen molar-refractivity contribution in [1.29, 1.82) is 0 Å². The fraction of sp³-hybridized carbons (Fsp3) is 0.0833. The van der Waals surface area contributed by atoms with E-state index < -0.39 is 0 Å². The lowest BCUT2D eigenvalue weighted by Gasteiger charge is -2.03. The van der Waals surface area contributed by atoms with E-state index in [0.29, 0.717) is 0 Å². The highest BCUT2D eigenvalue weighted by Gasteiger charge is 2.17. The van der Waals surface area contributed by atoms with Gasteiger partial charge in [-0.2, -0.15) is 5.10 Å². The standard InChI is InChI=1S/C24H20N4O/c1-16-8-13-21-22(14-16)26-24(25-21)20-15-28(18-6-4-3-5-7-18)27-23(20)17-9-11-19(29-2)12-10-17/h3-15H,1-2H3,(H,25,26). The molecule has 0 spiro atoms. The van der Waals surface area contributed by atoms with Crippen LogP contribution < -0.4 is 4.74 Å². The summed E-state index contributed by atoms with van der Waals surface area (Å²) in [6, 6.07) is 24.3. The topological polar surface area (TPSA) is 55.7 Å². The Bertz CT molecular complexity index is 1280. The Labute approximate surface area is 168 Å². The average Bonchev–Trinajstić information content (AvgIpc) is 3.38. The van der Waals surface area contributed by atoms with Crippen LogP contribution in [0.15, 0.2) is 79.0 Å². The molecule has 0 unspecified atom stereocenters. The van der Waals surface area contributed by atoms with Gasteiger partial charge in [-0.3, -0.25) is 0 Å². The van der Waals surface area contributed by atoms with Gasteiger partial charge in [-0.1, -0.05) is 24.3 Å². The minimum absolute atomic E-state index is 0.804. The van der Waals surface area contributed by atoms with Crippen molar-refractivity contribution >= 4 is 11.0 Å². The molecule has 1 N–H and O–H groups in total. The van der Waals surface area contributed by atoms with E-state index in [1.165, 1.54) is 5.56 Å². The van der Waals surface area contributed by atoms with E-state index in [1.54, 1.807) is 7.11 Å².